The van der Waals surface area contributed by atoms with Gasteiger partial charge in [-0.15, -0.1) is 0 Å². The van der Waals surface area contributed by atoms with Crippen LogP contribution in [0.2, 0.25) is 0 Å². The summed E-state index contributed by atoms with van der Waals surface area (Å²) in [6, 6.07) is 0. The Kier molecular flexibility index (Phi) is 4.85. The number of hydrogen-bond acceptors (Lipinski definition) is 0. The number of alkyl halides is 13. The Morgan fingerprint density at radius 1 is 0.571 bits per heavy atom. The zero-order valence-electron chi connectivity index (χ0n) is 9.57. The van der Waals surface area contributed by atoms with E-state index < -0.39 is 42.2 Å². The van der Waals surface area contributed by atoms with Gasteiger partial charge in [0, 0.05) is 0 Å². The Hall–Kier alpha value is -0.910. The van der Waals surface area contributed by atoms with Crippen molar-refractivity contribution < 1.29 is 57.1 Å². The van der Waals surface area contributed by atoms with Gasteiger partial charge in [0.2, 0.25) is 6.17 Å². The third-order valence-electron chi connectivity index (χ3n) is 2.31. The highest BCUT2D eigenvalue weighted by atomic mass is 19.4. The second-order valence-corrected chi connectivity index (χ2v) is 3.92. The zero-order valence-corrected chi connectivity index (χ0v) is 9.57. The van der Waals surface area contributed by atoms with Crippen LogP contribution in [0.1, 0.15) is 6.92 Å². The molecular weight excluding hydrogens is 343 g/mol. The van der Waals surface area contributed by atoms with Gasteiger partial charge in [-0.1, -0.05) is 0 Å². The molecule has 0 aromatic heterocycles. The Morgan fingerprint density at radius 2 is 0.905 bits per heavy atom. The summed E-state index contributed by atoms with van der Waals surface area (Å²) in [5, 5.41) is 0. The van der Waals surface area contributed by atoms with Crippen LogP contribution >= 0.6 is 0 Å². The summed E-state index contributed by atoms with van der Waals surface area (Å²) < 4.78 is 160. The molecule has 0 heterocycles. The van der Waals surface area contributed by atoms with Crippen molar-refractivity contribution in [3.05, 3.63) is 0 Å². The van der Waals surface area contributed by atoms with Crippen LogP contribution in [0, 0.1) is 0 Å². The third kappa shape index (κ3) is 2.74. The smallest absolute Gasteiger partial charge is 0.244 e. The molecule has 0 radical (unpaired) electrons. The molecule has 0 saturated heterocycles. The van der Waals surface area contributed by atoms with E-state index in [9.17, 15) is 57.1 Å². The van der Waals surface area contributed by atoms with E-state index in [1.165, 1.54) is 0 Å². The molecule has 0 saturated carbocycles. The van der Waals surface area contributed by atoms with Crippen LogP contribution in [0.3, 0.4) is 0 Å². The fraction of sp³-hybridized carbons (Fsp3) is 1.00. The monoisotopic (exact) mass is 348 g/mol. The molecule has 128 valence electrons. The SMILES string of the molecule is CC(F)C(F)C(F)(F)C(F)(F)C(F)(F)C(F)(F)C(F)(F)F. The first-order valence-corrected chi connectivity index (χ1v) is 4.71. The van der Waals surface area contributed by atoms with Gasteiger partial charge in [0.15, 0.2) is 0 Å². The van der Waals surface area contributed by atoms with Crippen molar-refractivity contribution in [1.29, 1.82) is 0 Å². The normalized spacial score (nSPS) is 18.6. The van der Waals surface area contributed by atoms with E-state index in [1.54, 1.807) is 0 Å². The number of hydrogen-bond donors (Lipinski definition) is 0. The lowest BCUT2D eigenvalue weighted by atomic mass is 9.94. The summed E-state index contributed by atoms with van der Waals surface area (Å²) in [5.74, 6) is -29.7. The van der Waals surface area contributed by atoms with Crippen molar-refractivity contribution >= 4 is 0 Å². The molecule has 0 aromatic carbocycles. The van der Waals surface area contributed by atoms with Crippen LogP contribution < -0.4 is 0 Å². The minimum atomic E-state index is -7.72. The highest BCUT2D eigenvalue weighted by Crippen LogP contribution is 2.58. The maximum atomic E-state index is 12.7. The highest BCUT2D eigenvalue weighted by molar-refractivity contribution is 5.08. The van der Waals surface area contributed by atoms with Gasteiger partial charge in [-0.25, -0.2) is 8.78 Å². The van der Waals surface area contributed by atoms with Crippen molar-refractivity contribution in [3.8, 4) is 0 Å². The van der Waals surface area contributed by atoms with Gasteiger partial charge in [-0.3, -0.25) is 0 Å². The van der Waals surface area contributed by atoms with Gasteiger partial charge in [0.1, 0.15) is 6.17 Å². The number of halogens is 13. The fourth-order valence-electron chi connectivity index (χ4n) is 1.05. The van der Waals surface area contributed by atoms with Gasteiger partial charge >= 0.3 is 29.9 Å². The molecule has 0 nitrogen and oxygen atoms in total. The molecule has 2 unspecified atom stereocenters. The van der Waals surface area contributed by atoms with Crippen molar-refractivity contribution in [2.75, 3.05) is 0 Å². The van der Waals surface area contributed by atoms with E-state index in [1.807, 2.05) is 0 Å². The second kappa shape index (κ2) is 5.07. The second-order valence-electron chi connectivity index (χ2n) is 3.92. The summed E-state index contributed by atoms with van der Waals surface area (Å²) in [5.41, 5.74) is 0. The molecule has 0 spiro atoms. The molecule has 13 heteroatoms. The average Bonchev–Trinajstić information content (AvgIpc) is 2.25. The lowest BCUT2D eigenvalue weighted by molar-refractivity contribution is -0.427. The molecule has 0 aliphatic carbocycles. The molecule has 21 heavy (non-hydrogen) atoms. The average molecular weight is 348 g/mol. The van der Waals surface area contributed by atoms with Crippen molar-refractivity contribution in [1.82, 2.24) is 0 Å². The predicted octanol–water partition coefficient (Wildman–Crippen LogP) is 4.79. The van der Waals surface area contributed by atoms with E-state index in [2.05, 4.69) is 0 Å². The fourth-order valence-corrected chi connectivity index (χ4v) is 1.05. The first-order chi connectivity index (χ1) is 8.85. The van der Waals surface area contributed by atoms with Gasteiger partial charge in [-0.05, 0) is 6.92 Å². The van der Waals surface area contributed by atoms with Crippen molar-refractivity contribution in [2.45, 2.75) is 49.1 Å². The van der Waals surface area contributed by atoms with Crippen LogP contribution in [-0.2, 0) is 0 Å². The van der Waals surface area contributed by atoms with Gasteiger partial charge < -0.3 is 0 Å². The van der Waals surface area contributed by atoms with Crippen molar-refractivity contribution in [2.24, 2.45) is 0 Å². The van der Waals surface area contributed by atoms with E-state index >= 15 is 0 Å². The highest BCUT2D eigenvalue weighted by Gasteiger charge is 2.88. The molecule has 0 aliphatic heterocycles. The summed E-state index contributed by atoms with van der Waals surface area (Å²) in [6.45, 7) is -0.144. The predicted molar refractivity (Wildman–Crippen MR) is 41.3 cm³/mol. The summed E-state index contributed by atoms with van der Waals surface area (Å²) in [6.07, 6.45) is -15.6. The van der Waals surface area contributed by atoms with Gasteiger partial charge in [0.05, 0.1) is 0 Å². The maximum Gasteiger partial charge on any atom is 0.460 e. The summed E-state index contributed by atoms with van der Waals surface area (Å²) in [4.78, 5) is 0. The Labute approximate surface area is 107 Å². The van der Waals surface area contributed by atoms with Crippen LogP contribution in [-0.4, -0.2) is 42.2 Å². The summed E-state index contributed by atoms with van der Waals surface area (Å²) in [7, 11) is 0. The van der Waals surface area contributed by atoms with Crippen LogP contribution in [0.4, 0.5) is 57.1 Å². The Morgan fingerprint density at radius 3 is 1.14 bits per heavy atom. The molecule has 0 aromatic rings. The zero-order chi connectivity index (χ0) is 17.7. The Balaban J connectivity index is 6.01. The quantitative estimate of drug-likeness (QED) is 0.627. The van der Waals surface area contributed by atoms with Gasteiger partial charge in [-0.2, -0.15) is 48.3 Å². The third-order valence-corrected chi connectivity index (χ3v) is 2.31. The maximum absolute atomic E-state index is 12.7. The molecule has 0 N–H and O–H groups in total. The minimum absolute atomic E-state index is 0.144. The molecular formula is C8H5F13. The Bertz CT molecular complexity index is 365. The molecule has 0 amide bonds. The van der Waals surface area contributed by atoms with Gasteiger partial charge in [0.25, 0.3) is 0 Å². The lowest BCUT2D eigenvalue weighted by Crippen LogP contribution is -2.68. The molecule has 0 fully saturated rings. The molecule has 2 atom stereocenters. The summed E-state index contributed by atoms with van der Waals surface area (Å²) >= 11 is 0. The molecule has 0 rings (SSSR count). The van der Waals surface area contributed by atoms with E-state index in [-0.39, 0.29) is 6.92 Å². The lowest BCUT2D eigenvalue weighted by Gasteiger charge is -2.38. The van der Waals surface area contributed by atoms with Crippen molar-refractivity contribution in [3.63, 3.8) is 0 Å². The first-order valence-electron chi connectivity index (χ1n) is 4.71. The van der Waals surface area contributed by atoms with Crippen LogP contribution in [0.5, 0.6) is 0 Å². The number of rotatable bonds is 5. The van der Waals surface area contributed by atoms with E-state index in [4.69, 9.17) is 0 Å². The first kappa shape index (κ1) is 20.1. The van der Waals surface area contributed by atoms with Crippen LogP contribution in [0.15, 0.2) is 0 Å². The minimum Gasteiger partial charge on any atom is -0.244 e. The largest absolute Gasteiger partial charge is 0.460 e. The van der Waals surface area contributed by atoms with Crippen LogP contribution in [0.25, 0.3) is 0 Å². The topological polar surface area (TPSA) is 0 Å². The molecule has 0 aliphatic rings. The van der Waals surface area contributed by atoms with E-state index in [0.717, 1.165) is 0 Å². The van der Waals surface area contributed by atoms with E-state index in [0.29, 0.717) is 0 Å². The standard InChI is InChI=1S/C8H5F13/c1-2(9)3(10)4(11,12)5(13,14)6(15,16)7(17,18)8(19,20)21/h2-3H,1H3. The molecule has 0 bridgehead atoms.